The van der Waals surface area contributed by atoms with Crippen molar-refractivity contribution in [3.63, 3.8) is 0 Å². The first-order valence-electron chi connectivity index (χ1n) is 6.99. The normalized spacial score (nSPS) is 10.8. The predicted octanol–water partition coefficient (Wildman–Crippen LogP) is 4.23. The number of nitriles is 1. The molecule has 1 heterocycles. The van der Waals surface area contributed by atoms with Crippen LogP contribution in [0, 0.1) is 11.3 Å². The minimum atomic E-state index is -0.508. The van der Waals surface area contributed by atoms with Gasteiger partial charge in [-0.3, -0.25) is 4.79 Å². The number of anilines is 1. The van der Waals surface area contributed by atoms with Crippen molar-refractivity contribution in [3.05, 3.63) is 56.2 Å². The smallest absolute Gasteiger partial charge is 0.338 e. The van der Waals surface area contributed by atoms with Crippen molar-refractivity contribution in [2.45, 2.75) is 6.92 Å². The lowest BCUT2D eigenvalue weighted by molar-refractivity contribution is -0.112. The molecule has 0 spiro atoms. The highest BCUT2D eigenvalue weighted by molar-refractivity contribution is 9.11. The van der Waals surface area contributed by atoms with Crippen LogP contribution in [-0.4, -0.2) is 18.5 Å². The molecule has 0 fully saturated rings. The molecule has 0 bridgehead atoms. The van der Waals surface area contributed by atoms with Crippen molar-refractivity contribution in [1.82, 2.24) is 0 Å². The van der Waals surface area contributed by atoms with Gasteiger partial charge in [-0.2, -0.15) is 5.26 Å². The predicted molar refractivity (Wildman–Crippen MR) is 96.6 cm³/mol. The molecular formula is C17H13BrN2O3S. The zero-order chi connectivity index (χ0) is 17.5. The molecule has 0 unspecified atom stereocenters. The van der Waals surface area contributed by atoms with Crippen molar-refractivity contribution < 1.29 is 14.3 Å². The van der Waals surface area contributed by atoms with Gasteiger partial charge in [-0.25, -0.2) is 4.79 Å². The van der Waals surface area contributed by atoms with Crippen LogP contribution in [0.1, 0.15) is 22.2 Å². The number of nitrogens with zero attached hydrogens (tertiary/aromatic N) is 1. The molecule has 0 saturated heterocycles. The Morgan fingerprint density at radius 2 is 2.00 bits per heavy atom. The van der Waals surface area contributed by atoms with Crippen molar-refractivity contribution in [1.29, 1.82) is 5.26 Å². The second kappa shape index (κ2) is 8.43. The molecule has 1 aromatic carbocycles. The molecule has 2 aromatic rings. The zero-order valence-corrected chi connectivity index (χ0v) is 15.1. The Kier molecular flexibility index (Phi) is 6.29. The third kappa shape index (κ3) is 4.78. The number of esters is 1. The average molecular weight is 405 g/mol. The first-order chi connectivity index (χ1) is 11.5. The summed E-state index contributed by atoms with van der Waals surface area (Å²) in [5, 5.41) is 11.8. The molecule has 7 heteroatoms. The number of ether oxygens (including phenoxy) is 1. The molecule has 24 heavy (non-hydrogen) atoms. The summed E-state index contributed by atoms with van der Waals surface area (Å²) in [6.45, 7) is 2.03. The number of hydrogen-bond acceptors (Lipinski definition) is 5. The summed E-state index contributed by atoms with van der Waals surface area (Å²) in [7, 11) is 0. The van der Waals surface area contributed by atoms with Gasteiger partial charge in [-0.15, -0.1) is 11.3 Å². The first kappa shape index (κ1) is 17.9. The SMILES string of the molecule is CCOC(=O)c1ccc(NC(=O)/C(C#N)=C/c2ccc(Br)s2)cc1. The molecule has 0 aliphatic heterocycles. The topological polar surface area (TPSA) is 79.2 Å². The average Bonchev–Trinajstić information content (AvgIpc) is 2.98. The number of rotatable bonds is 5. The molecule has 0 aliphatic carbocycles. The highest BCUT2D eigenvalue weighted by atomic mass is 79.9. The number of benzene rings is 1. The highest BCUT2D eigenvalue weighted by Crippen LogP contribution is 2.24. The van der Waals surface area contributed by atoms with Crippen LogP contribution in [0.5, 0.6) is 0 Å². The van der Waals surface area contributed by atoms with Crippen LogP contribution in [0.4, 0.5) is 5.69 Å². The van der Waals surface area contributed by atoms with Crippen LogP contribution in [0.25, 0.3) is 6.08 Å². The molecular weight excluding hydrogens is 392 g/mol. The van der Waals surface area contributed by atoms with Gasteiger partial charge >= 0.3 is 5.97 Å². The molecule has 1 aromatic heterocycles. The van der Waals surface area contributed by atoms with E-state index in [0.29, 0.717) is 17.9 Å². The summed E-state index contributed by atoms with van der Waals surface area (Å²) in [6.07, 6.45) is 1.53. The van der Waals surface area contributed by atoms with Gasteiger partial charge in [0.15, 0.2) is 0 Å². The van der Waals surface area contributed by atoms with E-state index < -0.39 is 11.9 Å². The quantitative estimate of drug-likeness (QED) is 0.459. The van der Waals surface area contributed by atoms with Gasteiger partial charge in [0, 0.05) is 10.6 Å². The van der Waals surface area contributed by atoms with Crippen LogP contribution in [0.3, 0.4) is 0 Å². The number of thiophene rings is 1. The van der Waals surface area contributed by atoms with E-state index >= 15 is 0 Å². The fraction of sp³-hybridized carbons (Fsp3) is 0.118. The second-order valence-electron chi connectivity index (χ2n) is 4.56. The third-order valence-electron chi connectivity index (χ3n) is 2.90. The van der Waals surface area contributed by atoms with Gasteiger partial charge in [0.1, 0.15) is 11.6 Å². The Morgan fingerprint density at radius 1 is 1.29 bits per heavy atom. The Labute approximate surface area is 151 Å². The summed E-state index contributed by atoms with van der Waals surface area (Å²) in [5.41, 5.74) is 0.884. The maximum absolute atomic E-state index is 12.2. The summed E-state index contributed by atoms with van der Waals surface area (Å²) in [4.78, 5) is 24.5. The fourth-order valence-corrected chi connectivity index (χ4v) is 3.17. The summed E-state index contributed by atoms with van der Waals surface area (Å²) in [6, 6.07) is 11.8. The number of hydrogen-bond donors (Lipinski definition) is 1. The molecule has 0 radical (unpaired) electrons. The van der Waals surface area contributed by atoms with Gasteiger partial charge in [0.25, 0.3) is 5.91 Å². The van der Waals surface area contributed by atoms with Crippen LogP contribution in [0.2, 0.25) is 0 Å². The van der Waals surface area contributed by atoms with Gasteiger partial charge in [0.2, 0.25) is 0 Å². The standard InChI is InChI=1S/C17H13BrN2O3S/c1-2-23-17(22)11-3-5-13(6-4-11)20-16(21)12(10-19)9-14-7-8-15(18)24-14/h3-9H,2H2,1H3,(H,20,21)/b12-9+. The minimum absolute atomic E-state index is 0.00109. The van der Waals surface area contributed by atoms with Crippen molar-refractivity contribution >= 4 is 50.9 Å². The summed E-state index contributed by atoms with van der Waals surface area (Å²) in [5.74, 6) is -0.929. The number of amides is 1. The molecule has 0 saturated carbocycles. The molecule has 1 amide bonds. The Hall–Kier alpha value is -2.43. The van der Waals surface area contributed by atoms with E-state index in [2.05, 4.69) is 21.2 Å². The lowest BCUT2D eigenvalue weighted by atomic mass is 10.2. The van der Waals surface area contributed by atoms with Crippen LogP contribution < -0.4 is 5.32 Å². The minimum Gasteiger partial charge on any atom is -0.462 e. The van der Waals surface area contributed by atoms with E-state index in [1.807, 2.05) is 18.2 Å². The lowest BCUT2D eigenvalue weighted by Gasteiger charge is -2.06. The molecule has 122 valence electrons. The van der Waals surface area contributed by atoms with E-state index in [1.165, 1.54) is 17.4 Å². The fourth-order valence-electron chi connectivity index (χ4n) is 1.80. The molecule has 0 aliphatic rings. The van der Waals surface area contributed by atoms with E-state index in [-0.39, 0.29) is 5.57 Å². The monoisotopic (exact) mass is 404 g/mol. The summed E-state index contributed by atoms with van der Waals surface area (Å²) >= 11 is 4.75. The molecule has 5 nitrogen and oxygen atoms in total. The lowest BCUT2D eigenvalue weighted by Crippen LogP contribution is -2.13. The maximum Gasteiger partial charge on any atom is 0.338 e. The largest absolute Gasteiger partial charge is 0.462 e. The van der Waals surface area contributed by atoms with E-state index in [1.54, 1.807) is 31.2 Å². The van der Waals surface area contributed by atoms with E-state index in [9.17, 15) is 14.9 Å². The van der Waals surface area contributed by atoms with E-state index in [0.717, 1.165) is 8.66 Å². The van der Waals surface area contributed by atoms with Gasteiger partial charge < -0.3 is 10.1 Å². The van der Waals surface area contributed by atoms with Gasteiger partial charge in [-0.05, 0) is 65.3 Å². The first-order valence-corrected chi connectivity index (χ1v) is 8.60. The van der Waals surface area contributed by atoms with Crippen LogP contribution in [0.15, 0.2) is 45.8 Å². The van der Waals surface area contributed by atoms with E-state index in [4.69, 9.17) is 4.74 Å². The maximum atomic E-state index is 12.2. The molecule has 1 N–H and O–H groups in total. The van der Waals surface area contributed by atoms with Crippen molar-refractivity contribution in [3.8, 4) is 6.07 Å². The van der Waals surface area contributed by atoms with Gasteiger partial charge in [0.05, 0.1) is 16.0 Å². The number of halogens is 1. The second-order valence-corrected chi connectivity index (χ2v) is 7.06. The highest BCUT2D eigenvalue weighted by Gasteiger charge is 2.11. The molecule has 0 atom stereocenters. The Morgan fingerprint density at radius 3 is 2.54 bits per heavy atom. The Bertz CT molecular complexity index is 819. The molecule has 2 rings (SSSR count). The zero-order valence-electron chi connectivity index (χ0n) is 12.7. The summed E-state index contributed by atoms with van der Waals surface area (Å²) < 4.78 is 5.81. The third-order valence-corrected chi connectivity index (χ3v) is 4.47. The number of carbonyl (C=O) groups excluding carboxylic acids is 2. The number of nitrogens with one attached hydrogen (secondary N) is 1. The Balaban J connectivity index is 2.09. The van der Waals surface area contributed by atoms with Crippen LogP contribution in [-0.2, 0) is 9.53 Å². The van der Waals surface area contributed by atoms with Crippen LogP contribution >= 0.6 is 27.3 Å². The van der Waals surface area contributed by atoms with Crippen molar-refractivity contribution in [2.75, 3.05) is 11.9 Å². The van der Waals surface area contributed by atoms with Gasteiger partial charge in [-0.1, -0.05) is 0 Å². The van der Waals surface area contributed by atoms with Crippen molar-refractivity contribution in [2.24, 2.45) is 0 Å². The number of carbonyl (C=O) groups is 2.